The quantitative estimate of drug-likeness (QED) is 0.579. The molecule has 1 rings (SSSR count). The SMILES string of the molecule is COCCN(C)CCNc1ccc(S(N)(=O)=O)cc1N. The number of ether oxygens (including phenoxy) is 1. The summed E-state index contributed by atoms with van der Waals surface area (Å²) < 4.78 is 27.4. The van der Waals surface area contributed by atoms with Crippen molar-refractivity contribution < 1.29 is 13.2 Å². The number of anilines is 2. The van der Waals surface area contributed by atoms with E-state index in [9.17, 15) is 8.42 Å². The van der Waals surface area contributed by atoms with Gasteiger partial charge in [-0.2, -0.15) is 0 Å². The number of hydrogen-bond acceptors (Lipinski definition) is 6. The molecule has 1 aromatic carbocycles. The van der Waals surface area contributed by atoms with Crippen LogP contribution in [0.25, 0.3) is 0 Å². The summed E-state index contributed by atoms with van der Waals surface area (Å²) in [6, 6.07) is 4.40. The molecule has 0 fully saturated rings. The summed E-state index contributed by atoms with van der Waals surface area (Å²) in [5.41, 5.74) is 6.85. The first kappa shape index (κ1) is 16.7. The Labute approximate surface area is 119 Å². The summed E-state index contributed by atoms with van der Waals surface area (Å²) in [6.45, 7) is 3.04. The molecular formula is C12H22N4O3S. The summed E-state index contributed by atoms with van der Waals surface area (Å²) in [4.78, 5) is 2.13. The highest BCUT2D eigenvalue weighted by Crippen LogP contribution is 2.21. The smallest absolute Gasteiger partial charge is 0.238 e. The molecule has 0 amide bonds. The van der Waals surface area contributed by atoms with Gasteiger partial charge in [-0.1, -0.05) is 0 Å². The van der Waals surface area contributed by atoms with Crippen LogP contribution in [0.2, 0.25) is 0 Å². The van der Waals surface area contributed by atoms with Crippen LogP contribution in [0.15, 0.2) is 23.1 Å². The molecule has 0 aliphatic heterocycles. The third-order valence-electron chi connectivity index (χ3n) is 2.84. The predicted octanol–water partition coefficient (Wildman–Crippen LogP) is -0.0937. The molecule has 0 unspecified atom stereocenters. The van der Waals surface area contributed by atoms with Crippen LogP contribution >= 0.6 is 0 Å². The number of methoxy groups -OCH3 is 1. The summed E-state index contributed by atoms with van der Waals surface area (Å²) in [6.07, 6.45) is 0. The summed E-state index contributed by atoms with van der Waals surface area (Å²) in [5, 5.41) is 8.20. The maximum Gasteiger partial charge on any atom is 0.238 e. The molecule has 0 aliphatic carbocycles. The Hall–Kier alpha value is -1.35. The molecule has 114 valence electrons. The van der Waals surface area contributed by atoms with Crippen LogP contribution in [0.4, 0.5) is 11.4 Å². The summed E-state index contributed by atoms with van der Waals surface area (Å²) in [5.74, 6) is 0. The van der Waals surface area contributed by atoms with Crippen molar-refractivity contribution in [2.45, 2.75) is 4.90 Å². The minimum atomic E-state index is -3.72. The molecular weight excluding hydrogens is 280 g/mol. The minimum Gasteiger partial charge on any atom is -0.397 e. The summed E-state index contributed by atoms with van der Waals surface area (Å²) in [7, 11) is -0.0555. The highest BCUT2D eigenvalue weighted by atomic mass is 32.2. The maximum absolute atomic E-state index is 11.2. The van der Waals surface area contributed by atoms with Crippen LogP contribution in [-0.4, -0.2) is 53.7 Å². The van der Waals surface area contributed by atoms with E-state index in [1.807, 2.05) is 7.05 Å². The first-order chi connectivity index (χ1) is 9.34. The van der Waals surface area contributed by atoms with Crippen LogP contribution in [-0.2, 0) is 14.8 Å². The van der Waals surface area contributed by atoms with Gasteiger partial charge in [0.15, 0.2) is 0 Å². The molecule has 7 nitrogen and oxygen atoms in total. The van der Waals surface area contributed by atoms with Crippen LogP contribution < -0.4 is 16.2 Å². The van der Waals surface area contributed by atoms with Crippen LogP contribution in [0, 0.1) is 0 Å². The number of primary sulfonamides is 1. The third kappa shape index (κ3) is 5.33. The van der Waals surface area contributed by atoms with Crippen molar-refractivity contribution in [3.63, 3.8) is 0 Å². The molecule has 0 bridgehead atoms. The van der Waals surface area contributed by atoms with E-state index < -0.39 is 10.0 Å². The zero-order valence-electron chi connectivity index (χ0n) is 11.8. The largest absolute Gasteiger partial charge is 0.397 e. The number of nitrogens with one attached hydrogen (secondary N) is 1. The van der Waals surface area contributed by atoms with Crippen LogP contribution in [0.3, 0.4) is 0 Å². The first-order valence-corrected chi connectivity index (χ1v) is 7.73. The van der Waals surface area contributed by atoms with E-state index in [1.54, 1.807) is 13.2 Å². The van der Waals surface area contributed by atoms with Crippen molar-refractivity contribution in [2.24, 2.45) is 5.14 Å². The number of hydrogen-bond donors (Lipinski definition) is 3. The Balaban J connectivity index is 2.53. The van der Waals surface area contributed by atoms with E-state index in [0.29, 0.717) is 24.5 Å². The molecule has 0 atom stereocenters. The second-order valence-corrected chi connectivity index (χ2v) is 6.08. The Morgan fingerprint density at radius 1 is 1.35 bits per heavy atom. The first-order valence-electron chi connectivity index (χ1n) is 6.18. The third-order valence-corrected chi connectivity index (χ3v) is 3.75. The van der Waals surface area contributed by atoms with Gasteiger partial charge in [0.25, 0.3) is 0 Å². The van der Waals surface area contributed by atoms with Gasteiger partial charge in [0.2, 0.25) is 10.0 Å². The average molecular weight is 302 g/mol. The van der Waals surface area contributed by atoms with Crippen molar-refractivity contribution in [3.05, 3.63) is 18.2 Å². The number of sulfonamides is 1. The van der Waals surface area contributed by atoms with Gasteiger partial charge < -0.3 is 20.7 Å². The van der Waals surface area contributed by atoms with E-state index in [1.165, 1.54) is 12.1 Å². The normalized spacial score (nSPS) is 11.8. The molecule has 0 saturated heterocycles. The highest BCUT2D eigenvalue weighted by Gasteiger charge is 2.09. The van der Waals surface area contributed by atoms with Gasteiger partial charge in [0, 0.05) is 26.7 Å². The van der Waals surface area contributed by atoms with Gasteiger partial charge in [-0.05, 0) is 25.2 Å². The summed E-state index contributed by atoms with van der Waals surface area (Å²) >= 11 is 0. The molecule has 0 heterocycles. The molecule has 8 heteroatoms. The number of benzene rings is 1. The zero-order valence-corrected chi connectivity index (χ0v) is 12.6. The average Bonchev–Trinajstić information content (AvgIpc) is 2.37. The molecule has 20 heavy (non-hydrogen) atoms. The van der Waals surface area contributed by atoms with Crippen molar-refractivity contribution in [1.82, 2.24) is 4.90 Å². The Morgan fingerprint density at radius 2 is 2.05 bits per heavy atom. The van der Waals surface area contributed by atoms with E-state index in [2.05, 4.69) is 10.2 Å². The monoisotopic (exact) mass is 302 g/mol. The van der Waals surface area contributed by atoms with Crippen LogP contribution in [0.1, 0.15) is 0 Å². The molecule has 0 radical (unpaired) electrons. The van der Waals surface area contributed by atoms with Gasteiger partial charge in [-0.25, -0.2) is 13.6 Å². The van der Waals surface area contributed by atoms with E-state index in [-0.39, 0.29) is 4.90 Å². The second kappa shape index (κ2) is 7.44. The molecule has 0 spiro atoms. The Kier molecular flexibility index (Phi) is 6.21. The number of nitrogens with two attached hydrogens (primary N) is 2. The fourth-order valence-corrected chi connectivity index (χ4v) is 2.17. The van der Waals surface area contributed by atoms with Crippen molar-refractivity contribution in [1.29, 1.82) is 0 Å². The molecule has 1 aromatic rings. The molecule has 0 saturated carbocycles. The maximum atomic E-state index is 11.2. The van der Waals surface area contributed by atoms with Gasteiger partial charge in [-0.3, -0.25) is 0 Å². The number of likely N-dealkylation sites (N-methyl/N-ethyl adjacent to an activating group) is 1. The van der Waals surface area contributed by atoms with Crippen molar-refractivity contribution in [2.75, 3.05) is 51.4 Å². The van der Waals surface area contributed by atoms with E-state index >= 15 is 0 Å². The Morgan fingerprint density at radius 3 is 2.60 bits per heavy atom. The van der Waals surface area contributed by atoms with E-state index in [0.717, 1.165) is 13.1 Å². The lowest BCUT2D eigenvalue weighted by Crippen LogP contribution is -2.28. The van der Waals surface area contributed by atoms with Crippen molar-refractivity contribution >= 4 is 21.4 Å². The molecule has 0 aliphatic rings. The predicted molar refractivity (Wildman–Crippen MR) is 80.1 cm³/mol. The van der Waals surface area contributed by atoms with Gasteiger partial charge in [-0.15, -0.1) is 0 Å². The second-order valence-electron chi connectivity index (χ2n) is 4.52. The van der Waals surface area contributed by atoms with Gasteiger partial charge in [0.1, 0.15) is 0 Å². The van der Waals surface area contributed by atoms with Crippen molar-refractivity contribution in [3.8, 4) is 0 Å². The fraction of sp³-hybridized carbons (Fsp3) is 0.500. The molecule has 5 N–H and O–H groups in total. The Bertz CT molecular complexity index is 534. The molecule has 0 aromatic heterocycles. The van der Waals surface area contributed by atoms with Gasteiger partial charge >= 0.3 is 0 Å². The number of nitrogens with zero attached hydrogens (tertiary/aromatic N) is 1. The standard InChI is InChI=1S/C12H22N4O3S/c1-16(7-8-19-2)6-5-15-12-4-3-10(9-11(12)13)20(14,17)18/h3-4,9,15H,5-8,13H2,1-2H3,(H2,14,17,18). The number of rotatable bonds is 8. The van der Waals surface area contributed by atoms with Gasteiger partial charge in [0.05, 0.1) is 22.9 Å². The minimum absolute atomic E-state index is 0.0118. The van der Waals surface area contributed by atoms with Crippen LogP contribution in [0.5, 0.6) is 0 Å². The lowest BCUT2D eigenvalue weighted by atomic mass is 10.2. The zero-order chi connectivity index (χ0) is 15.2. The fourth-order valence-electron chi connectivity index (χ4n) is 1.62. The number of nitrogen functional groups attached to an aromatic ring is 1. The highest BCUT2D eigenvalue weighted by molar-refractivity contribution is 7.89. The topological polar surface area (TPSA) is 111 Å². The lowest BCUT2D eigenvalue weighted by molar-refractivity contribution is 0.163. The lowest BCUT2D eigenvalue weighted by Gasteiger charge is -2.17. The van der Waals surface area contributed by atoms with E-state index in [4.69, 9.17) is 15.6 Å².